The molecule has 0 aliphatic heterocycles. The van der Waals surface area contributed by atoms with Crippen LogP contribution in [0.5, 0.6) is 0 Å². The maximum atomic E-state index is 14.6. The minimum atomic E-state index is -6.18. The first-order valence-corrected chi connectivity index (χ1v) is 11.7. The zero-order chi connectivity index (χ0) is 27.8. The predicted octanol–water partition coefficient (Wildman–Crippen LogP) is 5.45. The van der Waals surface area contributed by atoms with E-state index in [9.17, 15) is 54.2 Å². The van der Waals surface area contributed by atoms with Crippen molar-refractivity contribution in [2.45, 2.75) is 23.7 Å². The number of sulfonamides is 1. The highest BCUT2D eigenvalue weighted by molar-refractivity contribution is 7.91. The molecule has 3 N–H and O–H groups in total. The van der Waals surface area contributed by atoms with Gasteiger partial charge in [-0.15, -0.1) is 0 Å². The summed E-state index contributed by atoms with van der Waals surface area (Å²) < 4.78 is 120. The van der Waals surface area contributed by atoms with E-state index in [1.165, 1.54) is 24.3 Å². The highest BCUT2D eigenvalue weighted by atomic mass is 32.2. The van der Waals surface area contributed by atoms with Crippen LogP contribution >= 0.6 is 0 Å². The topological polar surface area (TPSA) is 104 Å². The SMILES string of the molecule is O=C(O)c1ccccc1CS(=O)(=O)Nc1ccc(-c2ccc(C(O)(C(F)(F)F)C(F)(F)F)cc2F)cc1. The number of halogens is 7. The molecule has 0 saturated heterocycles. The molecule has 3 aromatic rings. The van der Waals surface area contributed by atoms with Crippen molar-refractivity contribution in [3.63, 3.8) is 0 Å². The molecule has 0 atom stereocenters. The average molecular weight is 551 g/mol. The van der Waals surface area contributed by atoms with Gasteiger partial charge in [0.25, 0.3) is 5.60 Å². The maximum absolute atomic E-state index is 14.6. The summed E-state index contributed by atoms with van der Waals surface area (Å²) in [4.78, 5) is 11.3. The molecule has 0 amide bonds. The lowest BCUT2D eigenvalue weighted by Gasteiger charge is -2.32. The van der Waals surface area contributed by atoms with Gasteiger partial charge in [0, 0.05) is 16.8 Å². The number of hydrogen-bond donors (Lipinski definition) is 3. The van der Waals surface area contributed by atoms with Crippen LogP contribution in [0.1, 0.15) is 21.5 Å². The third kappa shape index (κ3) is 5.69. The lowest BCUT2D eigenvalue weighted by molar-refractivity contribution is -0.376. The fourth-order valence-corrected chi connectivity index (χ4v) is 4.68. The summed E-state index contributed by atoms with van der Waals surface area (Å²) in [5.41, 5.74) is -7.73. The first-order chi connectivity index (χ1) is 17.0. The number of benzene rings is 3. The van der Waals surface area contributed by atoms with Crippen molar-refractivity contribution in [1.29, 1.82) is 0 Å². The number of anilines is 1. The Balaban J connectivity index is 1.85. The average Bonchev–Trinajstić information content (AvgIpc) is 2.77. The van der Waals surface area contributed by atoms with E-state index >= 15 is 0 Å². The second-order valence-electron chi connectivity index (χ2n) is 7.80. The van der Waals surface area contributed by atoms with Gasteiger partial charge >= 0.3 is 18.3 Å². The van der Waals surface area contributed by atoms with Crippen molar-refractivity contribution in [1.82, 2.24) is 0 Å². The second-order valence-corrected chi connectivity index (χ2v) is 9.52. The molecule has 198 valence electrons. The number of carboxylic acids is 1. The maximum Gasteiger partial charge on any atom is 0.430 e. The van der Waals surface area contributed by atoms with E-state index in [2.05, 4.69) is 4.72 Å². The number of alkyl halides is 6. The molecule has 0 unspecified atom stereocenters. The lowest BCUT2D eigenvalue weighted by atomic mass is 9.90. The summed E-state index contributed by atoms with van der Waals surface area (Å²) in [7, 11) is -4.11. The molecule has 0 aromatic heterocycles. The van der Waals surface area contributed by atoms with E-state index in [4.69, 9.17) is 0 Å². The Morgan fingerprint density at radius 1 is 0.865 bits per heavy atom. The van der Waals surface area contributed by atoms with Crippen molar-refractivity contribution in [3.8, 4) is 11.1 Å². The van der Waals surface area contributed by atoms with Crippen molar-refractivity contribution >= 4 is 21.7 Å². The van der Waals surface area contributed by atoms with Crippen LogP contribution in [0.15, 0.2) is 66.7 Å². The Hall–Kier alpha value is -3.65. The smallest absolute Gasteiger partial charge is 0.430 e. The molecular formula is C23H16F7NO5S. The van der Waals surface area contributed by atoms with Crippen LogP contribution < -0.4 is 4.72 Å². The van der Waals surface area contributed by atoms with E-state index < -0.39 is 56.6 Å². The molecule has 0 fully saturated rings. The van der Waals surface area contributed by atoms with Gasteiger partial charge in [0.2, 0.25) is 10.0 Å². The minimum absolute atomic E-state index is 0.0129. The quantitative estimate of drug-likeness (QED) is 0.339. The van der Waals surface area contributed by atoms with E-state index in [0.29, 0.717) is 6.07 Å². The van der Waals surface area contributed by atoms with Gasteiger partial charge in [-0.25, -0.2) is 17.6 Å². The summed E-state index contributed by atoms with van der Waals surface area (Å²) >= 11 is 0. The zero-order valence-corrected chi connectivity index (χ0v) is 19.0. The van der Waals surface area contributed by atoms with Crippen molar-refractivity contribution in [2.75, 3.05) is 4.72 Å². The third-order valence-electron chi connectivity index (χ3n) is 5.27. The van der Waals surface area contributed by atoms with Gasteiger partial charge in [0.15, 0.2) is 0 Å². The van der Waals surface area contributed by atoms with Gasteiger partial charge in [-0.2, -0.15) is 26.3 Å². The second kappa shape index (κ2) is 9.67. The van der Waals surface area contributed by atoms with Crippen LogP contribution in [-0.4, -0.2) is 37.0 Å². The van der Waals surface area contributed by atoms with Gasteiger partial charge in [-0.05, 0) is 35.4 Å². The summed E-state index contributed by atoms with van der Waals surface area (Å²) in [6.45, 7) is 0. The Morgan fingerprint density at radius 3 is 1.95 bits per heavy atom. The molecule has 14 heteroatoms. The van der Waals surface area contributed by atoms with Crippen molar-refractivity contribution in [3.05, 3.63) is 89.2 Å². The Labute approximate surface area is 205 Å². The fraction of sp³-hybridized carbons (Fsp3) is 0.174. The molecule has 3 aromatic carbocycles. The Bertz CT molecular complexity index is 1400. The number of hydrogen-bond acceptors (Lipinski definition) is 4. The number of aromatic carboxylic acids is 1. The van der Waals surface area contributed by atoms with E-state index in [-0.39, 0.29) is 34.5 Å². The summed E-state index contributed by atoms with van der Waals surface area (Å²) in [6.07, 6.45) is -12.4. The van der Waals surface area contributed by atoms with Crippen LogP contribution in [-0.2, 0) is 21.4 Å². The Kier molecular flexibility index (Phi) is 7.30. The van der Waals surface area contributed by atoms with Crippen LogP contribution in [0, 0.1) is 5.82 Å². The largest absolute Gasteiger partial charge is 0.478 e. The van der Waals surface area contributed by atoms with Crippen molar-refractivity contribution < 1.29 is 54.2 Å². The zero-order valence-electron chi connectivity index (χ0n) is 18.2. The lowest BCUT2D eigenvalue weighted by Crippen LogP contribution is -2.53. The highest BCUT2D eigenvalue weighted by Gasteiger charge is 2.71. The number of aliphatic hydroxyl groups is 1. The third-order valence-corrected chi connectivity index (χ3v) is 6.51. The molecule has 0 aliphatic rings. The van der Waals surface area contributed by atoms with Crippen LogP contribution in [0.3, 0.4) is 0 Å². The molecule has 6 nitrogen and oxygen atoms in total. The van der Waals surface area contributed by atoms with Crippen molar-refractivity contribution in [2.24, 2.45) is 0 Å². The molecule has 0 heterocycles. The number of carbonyl (C=O) groups is 1. The first kappa shape index (κ1) is 27.9. The highest BCUT2D eigenvalue weighted by Crippen LogP contribution is 2.50. The summed E-state index contributed by atoms with van der Waals surface area (Å²) in [6, 6.07) is 10.9. The predicted molar refractivity (Wildman–Crippen MR) is 117 cm³/mol. The monoisotopic (exact) mass is 551 g/mol. The number of carboxylic acid groups (broad SMARTS) is 1. The van der Waals surface area contributed by atoms with Gasteiger partial charge in [-0.3, -0.25) is 4.72 Å². The molecule has 0 saturated carbocycles. The van der Waals surface area contributed by atoms with Crippen LogP contribution in [0.4, 0.5) is 36.4 Å². The summed E-state index contributed by atoms with van der Waals surface area (Å²) in [5.74, 6) is -3.51. The molecule has 0 aliphatic carbocycles. The molecule has 0 bridgehead atoms. The van der Waals surface area contributed by atoms with Crippen LogP contribution in [0.2, 0.25) is 0 Å². The number of nitrogens with one attached hydrogen (secondary N) is 1. The van der Waals surface area contributed by atoms with Gasteiger partial charge in [0.05, 0.1) is 11.3 Å². The molecule has 3 rings (SSSR count). The van der Waals surface area contributed by atoms with E-state index in [1.54, 1.807) is 0 Å². The first-order valence-electron chi connectivity index (χ1n) is 10.0. The van der Waals surface area contributed by atoms with Crippen LogP contribution in [0.25, 0.3) is 11.1 Å². The summed E-state index contributed by atoms with van der Waals surface area (Å²) in [5, 5.41) is 18.6. The van der Waals surface area contributed by atoms with Gasteiger partial charge < -0.3 is 10.2 Å². The number of rotatable bonds is 7. The molecule has 0 spiro atoms. The standard InChI is InChI=1S/C23H16F7NO5S/c24-19-11-15(21(34,22(25,26)27)23(28,29)30)7-10-17(19)13-5-8-16(9-6-13)31-37(35,36)12-14-3-1-2-4-18(14)20(32)33/h1-11,31,34H,12H2,(H,32,33). The Morgan fingerprint density at radius 2 is 1.43 bits per heavy atom. The minimum Gasteiger partial charge on any atom is -0.478 e. The van der Waals surface area contributed by atoms with E-state index in [0.717, 1.165) is 24.3 Å². The molecule has 37 heavy (non-hydrogen) atoms. The fourth-order valence-electron chi connectivity index (χ4n) is 3.46. The molecular weight excluding hydrogens is 535 g/mol. The van der Waals surface area contributed by atoms with E-state index in [1.807, 2.05) is 0 Å². The van der Waals surface area contributed by atoms with Gasteiger partial charge in [-0.1, -0.05) is 42.5 Å². The normalized spacial score (nSPS) is 12.9. The molecule has 0 radical (unpaired) electrons. The van der Waals surface area contributed by atoms with Gasteiger partial charge in [0.1, 0.15) is 5.82 Å².